The van der Waals surface area contributed by atoms with Gasteiger partial charge in [-0.25, -0.2) is 4.39 Å². The Hall–Kier alpha value is -1.68. The van der Waals surface area contributed by atoms with Gasteiger partial charge < -0.3 is 9.71 Å². The maximum absolute atomic E-state index is 13.8. The van der Waals surface area contributed by atoms with E-state index in [1.54, 1.807) is 18.2 Å². The molecule has 2 N–H and O–H groups in total. The molecular weight excluding hydrogens is 389 g/mol. The number of hydrogen-bond donors (Lipinski definition) is 2. The van der Waals surface area contributed by atoms with Crippen molar-refractivity contribution in [2.24, 2.45) is 0 Å². The summed E-state index contributed by atoms with van der Waals surface area (Å²) in [5.74, 6) is -0.462. The van der Waals surface area contributed by atoms with Crippen LogP contribution in [0.3, 0.4) is 0 Å². The zero-order valence-electron chi connectivity index (χ0n) is 11.0. The Morgan fingerprint density at radius 2 is 2.14 bits per heavy atom. The zero-order chi connectivity index (χ0) is 15.7. The molecule has 0 saturated carbocycles. The first-order valence-electron chi connectivity index (χ1n) is 6.17. The third kappa shape index (κ3) is 2.80. The molecule has 0 radical (unpaired) electrons. The molecule has 7 heteroatoms. The highest BCUT2D eigenvalue weighted by molar-refractivity contribution is 9.10. The van der Waals surface area contributed by atoms with Gasteiger partial charge in [0.2, 0.25) is 0 Å². The molecule has 1 aromatic heterocycles. The maximum atomic E-state index is 13.8. The number of hydrogen-bond acceptors (Lipinski definition) is 3. The van der Waals surface area contributed by atoms with Gasteiger partial charge in [0.05, 0.1) is 37.2 Å². The third-order valence-electron chi connectivity index (χ3n) is 3.08. The van der Waals surface area contributed by atoms with E-state index in [-0.39, 0.29) is 0 Å². The van der Waals surface area contributed by atoms with Crippen LogP contribution in [0.4, 0.5) is 10.1 Å². The number of halogens is 3. The monoisotopic (exact) mass is 395 g/mol. The number of aromatic nitrogens is 1. The second-order valence-electron chi connectivity index (χ2n) is 4.45. The van der Waals surface area contributed by atoms with Crippen LogP contribution >= 0.6 is 39.5 Å². The SMILES string of the molecule is N#Cc1ccc(NSc2c[nH]c3c(Br)c(Cl)ccc23)c(F)c1. The number of nitrogens with zero attached hydrogens (tertiary/aromatic N) is 1. The lowest BCUT2D eigenvalue weighted by Crippen LogP contribution is -1.91. The minimum Gasteiger partial charge on any atom is -0.359 e. The van der Waals surface area contributed by atoms with E-state index in [9.17, 15) is 4.39 Å². The van der Waals surface area contributed by atoms with Crippen LogP contribution in [-0.4, -0.2) is 4.98 Å². The second-order valence-corrected chi connectivity index (χ2v) is 6.50. The Kier molecular flexibility index (Phi) is 4.30. The van der Waals surface area contributed by atoms with Gasteiger partial charge in [-0.15, -0.1) is 0 Å². The van der Waals surface area contributed by atoms with Crippen molar-refractivity contribution in [3.05, 3.63) is 57.4 Å². The van der Waals surface area contributed by atoms with Crippen molar-refractivity contribution in [3.63, 3.8) is 0 Å². The lowest BCUT2D eigenvalue weighted by Gasteiger charge is -2.06. The Labute approximate surface area is 143 Å². The van der Waals surface area contributed by atoms with E-state index in [4.69, 9.17) is 16.9 Å². The summed E-state index contributed by atoms with van der Waals surface area (Å²) < 4.78 is 17.6. The van der Waals surface area contributed by atoms with Gasteiger partial charge in [-0.05, 0) is 52.1 Å². The maximum Gasteiger partial charge on any atom is 0.148 e. The fourth-order valence-corrected chi connectivity index (χ4v) is 3.38. The van der Waals surface area contributed by atoms with E-state index in [0.29, 0.717) is 16.3 Å². The average molecular weight is 397 g/mol. The number of nitriles is 1. The molecule has 3 aromatic rings. The molecule has 0 unspecified atom stereocenters. The predicted octanol–water partition coefficient (Wildman–Crippen LogP) is 5.71. The van der Waals surface area contributed by atoms with Crippen molar-refractivity contribution in [1.29, 1.82) is 5.26 Å². The third-order valence-corrected chi connectivity index (χ3v) is 5.32. The van der Waals surface area contributed by atoms with E-state index in [2.05, 4.69) is 25.6 Å². The fraction of sp³-hybridized carbons (Fsp3) is 0. The van der Waals surface area contributed by atoms with Crippen molar-refractivity contribution in [3.8, 4) is 6.07 Å². The number of H-pyrrole nitrogens is 1. The topological polar surface area (TPSA) is 51.6 Å². The van der Waals surface area contributed by atoms with Gasteiger partial charge in [-0.3, -0.25) is 0 Å². The van der Waals surface area contributed by atoms with Crippen molar-refractivity contribution < 1.29 is 4.39 Å². The lowest BCUT2D eigenvalue weighted by atomic mass is 10.2. The molecule has 0 spiro atoms. The van der Waals surface area contributed by atoms with Gasteiger partial charge in [-0.2, -0.15) is 5.26 Å². The fourth-order valence-electron chi connectivity index (χ4n) is 1.97. The predicted molar refractivity (Wildman–Crippen MR) is 91.6 cm³/mol. The molecule has 0 saturated heterocycles. The number of aromatic amines is 1. The molecule has 3 rings (SSSR count). The minimum atomic E-state index is -0.462. The Morgan fingerprint density at radius 1 is 1.32 bits per heavy atom. The highest BCUT2D eigenvalue weighted by atomic mass is 79.9. The molecule has 0 aliphatic rings. The largest absolute Gasteiger partial charge is 0.359 e. The van der Waals surface area contributed by atoms with Crippen molar-refractivity contribution in [1.82, 2.24) is 4.98 Å². The molecule has 1 heterocycles. The van der Waals surface area contributed by atoms with E-state index >= 15 is 0 Å². The number of rotatable bonds is 3. The van der Waals surface area contributed by atoms with E-state index in [1.807, 2.05) is 18.3 Å². The molecule has 3 nitrogen and oxygen atoms in total. The first-order chi connectivity index (χ1) is 10.6. The average Bonchev–Trinajstić information content (AvgIpc) is 2.93. The molecule has 0 bridgehead atoms. The lowest BCUT2D eigenvalue weighted by molar-refractivity contribution is 0.632. The van der Waals surface area contributed by atoms with Crippen LogP contribution in [-0.2, 0) is 0 Å². The van der Waals surface area contributed by atoms with Gasteiger partial charge in [0.15, 0.2) is 0 Å². The van der Waals surface area contributed by atoms with E-state index in [0.717, 1.165) is 20.3 Å². The van der Waals surface area contributed by atoms with Crippen LogP contribution in [0.25, 0.3) is 10.9 Å². The molecule has 110 valence electrons. The van der Waals surface area contributed by atoms with Crippen molar-refractivity contribution in [2.75, 3.05) is 4.72 Å². The standard InChI is InChI=1S/C15H8BrClFN3S/c16-14-10(17)3-2-9-13(7-20-15(9)14)22-21-12-4-1-8(6-19)5-11(12)18/h1-5,7,20-21H. The van der Waals surface area contributed by atoms with Gasteiger partial charge >= 0.3 is 0 Å². The summed E-state index contributed by atoms with van der Waals surface area (Å²) in [4.78, 5) is 4.05. The van der Waals surface area contributed by atoms with Gasteiger partial charge in [0.1, 0.15) is 5.82 Å². The van der Waals surface area contributed by atoms with Crippen LogP contribution in [0.1, 0.15) is 5.56 Å². The summed E-state index contributed by atoms with van der Waals surface area (Å²) >= 11 is 10.8. The Balaban J connectivity index is 1.86. The molecule has 0 aliphatic carbocycles. The minimum absolute atomic E-state index is 0.290. The van der Waals surface area contributed by atoms with Gasteiger partial charge in [0, 0.05) is 11.6 Å². The normalized spacial score (nSPS) is 10.6. The molecule has 0 atom stereocenters. The quantitative estimate of drug-likeness (QED) is 0.557. The summed E-state index contributed by atoms with van der Waals surface area (Å²) in [6.45, 7) is 0. The first kappa shape index (κ1) is 15.2. The first-order valence-corrected chi connectivity index (χ1v) is 8.16. The Bertz CT molecular complexity index is 904. The second kappa shape index (κ2) is 6.21. The molecule has 2 aromatic carbocycles. The Morgan fingerprint density at radius 3 is 2.86 bits per heavy atom. The van der Waals surface area contributed by atoms with Crippen LogP contribution < -0.4 is 4.72 Å². The van der Waals surface area contributed by atoms with Crippen molar-refractivity contribution in [2.45, 2.75) is 4.90 Å². The van der Waals surface area contributed by atoms with Gasteiger partial charge in [-0.1, -0.05) is 17.7 Å². The van der Waals surface area contributed by atoms with Crippen LogP contribution in [0.15, 0.2) is 45.9 Å². The number of nitrogens with one attached hydrogen (secondary N) is 2. The number of fused-ring (bicyclic) bond motifs is 1. The summed E-state index contributed by atoms with van der Waals surface area (Å²) in [6, 6.07) is 9.92. The van der Waals surface area contributed by atoms with E-state index in [1.165, 1.54) is 18.0 Å². The summed E-state index contributed by atoms with van der Waals surface area (Å²) in [5, 5.41) is 10.3. The smallest absolute Gasteiger partial charge is 0.148 e. The highest BCUT2D eigenvalue weighted by Crippen LogP contribution is 2.36. The molecule has 0 fully saturated rings. The summed E-state index contributed by atoms with van der Waals surface area (Å²) in [6.07, 6.45) is 1.82. The summed E-state index contributed by atoms with van der Waals surface area (Å²) in [5.41, 5.74) is 1.50. The number of anilines is 1. The van der Waals surface area contributed by atoms with Crippen LogP contribution in [0.5, 0.6) is 0 Å². The number of benzene rings is 2. The molecule has 22 heavy (non-hydrogen) atoms. The van der Waals surface area contributed by atoms with Gasteiger partial charge in [0.25, 0.3) is 0 Å². The van der Waals surface area contributed by atoms with Crippen LogP contribution in [0.2, 0.25) is 5.02 Å². The van der Waals surface area contributed by atoms with Crippen LogP contribution in [0, 0.1) is 17.1 Å². The summed E-state index contributed by atoms with van der Waals surface area (Å²) in [7, 11) is 0. The molecule has 0 amide bonds. The van der Waals surface area contributed by atoms with Crippen molar-refractivity contribution >= 4 is 56.1 Å². The zero-order valence-corrected chi connectivity index (χ0v) is 14.1. The highest BCUT2D eigenvalue weighted by Gasteiger charge is 2.11. The molecule has 0 aliphatic heterocycles. The molecular formula is C15H8BrClFN3S. The van der Waals surface area contributed by atoms with E-state index < -0.39 is 5.82 Å².